The third kappa shape index (κ3) is 4.43. The van der Waals surface area contributed by atoms with E-state index >= 15 is 0 Å². The standard InChI is InChI=1S/2C6H12O/c1-2-6-3-4-7-5-6;1-2-6-4-3-5-7-6/h2*6H,2-5H2,1H3. The lowest BCUT2D eigenvalue weighted by atomic mass is 10.1. The zero-order valence-corrected chi connectivity index (χ0v) is 9.63. The van der Waals surface area contributed by atoms with E-state index in [1.54, 1.807) is 0 Å². The summed E-state index contributed by atoms with van der Waals surface area (Å²) in [6.07, 6.45) is 6.94. The summed E-state index contributed by atoms with van der Waals surface area (Å²) in [5.74, 6) is 0.875. The largest absolute Gasteiger partial charge is 0.381 e. The van der Waals surface area contributed by atoms with E-state index in [1.165, 1.54) is 32.1 Å². The van der Waals surface area contributed by atoms with Gasteiger partial charge in [0, 0.05) is 19.8 Å². The van der Waals surface area contributed by atoms with Gasteiger partial charge in [0.25, 0.3) is 0 Å². The molecule has 2 atom stereocenters. The Kier molecular flexibility index (Phi) is 6.20. The highest BCUT2D eigenvalue weighted by atomic mass is 16.5. The lowest BCUT2D eigenvalue weighted by Gasteiger charge is -2.01. The van der Waals surface area contributed by atoms with Crippen LogP contribution in [0.15, 0.2) is 0 Å². The molecule has 0 aliphatic carbocycles. The molecule has 2 aliphatic rings. The quantitative estimate of drug-likeness (QED) is 0.682. The minimum absolute atomic E-state index is 0.597. The predicted molar refractivity (Wildman–Crippen MR) is 58.5 cm³/mol. The van der Waals surface area contributed by atoms with Crippen LogP contribution in [0.3, 0.4) is 0 Å². The van der Waals surface area contributed by atoms with Crippen molar-refractivity contribution in [3.05, 3.63) is 0 Å². The van der Waals surface area contributed by atoms with Gasteiger partial charge in [0.05, 0.1) is 6.10 Å². The van der Waals surface area contributed by atoms with E-state index in [9.17, 15) is 0 Å². The van der Waals surface area contributed by atoms with Gasteiger partial charge < -0.3 is 9.47 Å². The second-order valence-corrected chi connectivity index (χ2v) is 4.18. The summed E-state index contributed by atoms with van der Waals surface area (Å²) < 4.78 is 10.5. The fourth-order valence-corrected chi connectivity index (χ4v) is 1.87. The van der Waals surface area contributed by atoms with Gasteiger partial charge >= 0.3 is 0 Å². The van der Waals surface area contributed by atoms with E-state index in [4.69, 9.17) is 9.47 Å². The van der Waals surface area contributed by atoms with Crippen molar-refractivity contribution >= 4 is 0 Å². The van der Waals surface area contributed by atoms with Crippen molar-refractivity contribution in [1.29, 1.82) is 0 Å². The average Bonchev–Trinajstić information content (AvgIpc) is 2.92. The molecular weight excluding hydrogens is 176 g/mol. The minimum atomic E-state index is 0.597. The maximum absolute atomic E-state index is 5.30. The van der Waals surface area contributed by atoms with Crippen LogP contribution < -0.4 is 0 Å². The molecule has 0 radical (unpaired) electrons. The van der Waals surface area contributed by atoms with Crippen LogP contribution in [-0.4, -0.2) is 25.9 Å². The maximum atomic E-state index is 5.30. The van der Waals surface area contributed by atoms with Crippen molar-refractivity contribution in [2.24, 2.45) is 5.92 Å². The van der Waals surface area contributed by atoms with Crippen LogP contribution in [0.4, 0.5) is 0 Å². The molecule has 0 amide bonds. The van der Waals surface area contributed by atoms with E-state index in [-0.39, 0.29) is 0 Å². The Morgan fingerprint density at radius 3 is 2.21 bits per heavy atom. The van der Waals surface area contributed by atoms with E-state index < -0.39 is 0 Å². The Bertz CT molecular complexity index is 108. The van der Waals surface area contributed by atoms with E-state index in [0.29, 0.717) is 6.10 Å². The molecule has 0 spiro atoms. The molecule has 2 unspecified atom stereocenters. The third-order valence-corrected chi connectivity index (χ3v) is 3.08. The number of ether oxygens (including phenoxy) is 2. The SMILES string of the molecule is CCC1CCCO1.CCC1CCOC1. The van der Waals surface area contributed by atoms with Crippen LogP contribution >= 0.6 is 0 Å². The molecular formula is C12H24O2. The van der Waals surface area contributed by atoms with Gasteiger partial charge in [0.15, 0.2) is 0 Å². The molecule has 0 aromatic heterocycles. The van der Waals surface area contributed by atoms with Crippen molar-refractivity contribution in [3.8, 4) is 0 Å². The van der Waals surface area contributed by atoms with Crippen LogP contribution in [0.1, 0.15) is 46.0 Å². The van der Waals surface area contributed by atoms with E-state index in [0.717, 1.165) is 25.7 Å². The van der Waals surface area contributed by atoms with Crippen molar-refractivity contribution in [1.82, 2.24) is 0 Å². The van der Waals surface area contributed by atoms with E-state index in [2.05, 4.69) is 13.8 Å². The summed E-state index contributed by atoms with van der Waals surface area (Å²) in [5, 5.41) is 0. The first-order chi connectivity index (χ1) is 6.86. The number of hydrogen-bond donors (Lipinski definition) is 0. The molecule has 84 valence electrons. The molecule has 2 nitrogen and oxygen atoms in total. The average molecular weight is 200 g/mol. The second-order valence-electron chi connectivity index (χ2n) is 4.18. The molecule has 2 heteroatoms. The minimum Gasteiger partial charge on any atom is -0.381 e. The summed E-state index contributed by atoms with van der Waals surface area (Å²) >= 11 is 0. The molecule has 0 aromatic carbocycles. The van der Waals surface area contributed by atoms with Gasteiger partial charge in [-0.2, -0.15) is 0 Å². The van der Waals surface area contributed by atoms with Crippen LogP contribution in [0.5, 0.6) is 0 Å². The van der Waals surface area contributed by atoms with Crippen LogP contribution in [0, 0.1) is 5.92 Å². The van der Waals surface area contributed by atoms with Gasteiger partial charge in [-0.3, -0.25) is 0 Å². The monoisotopic (exact) mass is 200 g/mol. The second kappa shape index (κ2) is 7.24. The highest BCUT2D eigenvalue weighted by Gasteiger charge is 2.12. The number of rotatable bonds is 2. The highest BCUT2D eigenvalue weighted by Crippen LogP contribution is 2.14. The van der Waals surface area contributed by atoms with Gasteiger partial charge in [-0.25, -0.2) is 0 Å². The van der Waals surface area contributed by atoms with Crippen molar-refractivity contribution in [2.45, 2.75) is 52.1 Å². The Balaban J connectivity index is 0.000000140. The third-order valence-electron chi connectivity index (χ3n) is 3.08. The van der Waals surface area contributed by atoms with Crippen LogP contribution in [0.2, 0.25) is 0 Å². The van der Waals surface area contributed by atoms with Gasteiger partial charge in [-0.1, -0.05) is 20.3 Å². The van der Waals surface area contributed by atoms with Gasteiger partial charge in [-0.15, -0.1) is 0 Å². The first-order valence-corrected chi connectivity index (χ1v) is 6.06. The summed E-state index contributed by atoms with van der Waals surface area (Å²) in [4.78, 5) is 0. The Morgan fingerprint density at radius 1 is 1.07 bits per heavy atom. The smallest absolute Gasteiger partial charge is 0.0573 e. The molecule has 2 saturated heterocycles. The Morgan fingerprint density at radius 2 is 1.93 bits per heavy atom. The lowest BCUT2D eigenvalue weighted by Crippen LogP contribution is -2.00. The van der Waals surface area contributed by atoms with Gasteiger partial charge in [0.2, 0.25) is 0 Å². The molecule has 0 aromatic rings. The van der Waals surface area contributed by atoms with Crippen molar-refractivity contribution < 1.29 is 9.47 Å². The molecule has 14 heavy (non-hydrogen) atoms. The molecule has 0 N–H and O–H groups in total. The normalized spacial score (nSPS) is 31.3. The number of hydrogen-bond acceptors (Lipinski definition) is 2. The van der Waals surface area contributed by atoms with Crippen LogP contribution in [0.25, 0.3) is 0 Å². The fraction of sp³-hybridized carbons (Fsp3) is 1.00. The fourth-order valence-electron chi connectivity index (χ4n) is 1.87. The molecule has 2 rings (SSSR count). The Hall–Kier alpha value is -0.0800. The molecule has 0 saturated carbocycles. The van der Waals surface area contributed by atoms with Crippen molar-refractivity contribution in [2.75, 3.05) is 19.8 Å². The zero-order chi connectivity index (χ0) is 10.2. The highest BCUT2D eigenvalue weighted by molar-refractivity contribution is 4.61. The summed E-state index contributed by atoms with van der Waals surface area (Å²) in [5.41, 5.74) is 0. The summed E-state index contributed by atoms with van der Waals surface area (Å²) in [6, 6.07) is 0. The lowest BCUT2D eigenvalue weighted by molar-refractivity contribution is 0.108. The predicted octanol–water partition coefficient (Wildman–Crippen LogP) is 3.01. The molecule has 0 bridgehead atoms. The maximum Gasteiger partial charge on any atom is 0.0573 e. The van der Waals surface area contributed by atoms with E-state index in [1.807, 2.05) is 0 Å². The summed E-state index contributed by atoms with van der Waals surface area (Å²) in [7, 11) is 0. The van der Waals surface area contributed by atoms with Crippen molar-refractivity contribution in [3.63, 3.8) is 0 Å². The topological polar surface area (TPSA) is 18.5 Å². The van der Waals surface area contributed by atoms with Gasteiger partial charge in [-0.05, 0) is 31.6 Å². The molecule has 2 fully saturated rings. The zero-order valence-electron chi connectivity index (χ0n) is 9.63. The van der Waals surface area contributed by atoms with Gasteiger partial charge in [0.1, 0.15) is 0 Å². The molecule has 2 aliphatic heterocycles. The first-order valence-electron chi connectivity index (χ1n) is 6.06. The first kappa shape index (κ1) is 12.0. The Labute approximate surface area is 88.0 Å². The molecule has 2 heterocycles. The van der Waals surface area contributed by atoms with Crippen LogP contribution in [-0.2, 0) is 9.47 Å². The summed E-state index contributed by atoms with van der Waals surface area (Å²) in [6.45, 7) is 7.41.